The van der Waals surface area contributed by atoms with E-state index in [1.54, 1.807) is 41.5 Å². The number of fused-ring (bicyclic) bond motifs is 3. The third-order valence-corrected chi connectivity index (χ3v) is 6.76. The van der Waals surface area contributed by atoms with Crippen LogP contribution >= 0.6 is 0 Å². The molecule has 2 aromatic carbocycles. The van der Waals surface area contributed by atoms with E-state index in [9.17, 15) is 24.3 Å². The fourth-order valence-electron chi connectivity index (χ4n) is 4.77. The Bertz CT molecular complexity index is 1350. The van der Waals surface area contributed by atoms with Crippen molar-refractivity contribution in [3.8, 4) is 11.1 Å². The van der Waals surface area contributed by atoms with Crippen molar-refractivity contribution in [3.63, 3.8) is 0 Å². The fourth-order valence-corrected chi connectivity index (χ4v) is 4.77. The molecule has 0 heterocycles. The van der Waals surface area contributed by atoms with Crippen molar-refractivity contribution in [2.24, 2.45) is 4.99 Å². The Labute approximate surface area is 292 Å². The van der Waals surface area contributed by atoms with Crippen molar-refractivity contribution in [2.75, 3.05) is 27.2 Å². The number of carbonyl (C=O) groups is 4. The molecule has 0 aliphatic heterocycles. The smallest absolute Gasteiger partial charge is 0.548 e. The maximum absolute atomic E-state index is 12.8. The number of aliphatic carboxylic acids is 1. The number of carboxylic acids is 1. The van der Waals surface area contributed by atoms with E-state index in [0.29, 0.717) is 0 Å². The molecule has 2 aromatic rings. The van der Waals surface area contributed by atoms with Gasteiger partial charge in [-0.2, -0.15) is 0 Å². The van der Waals surface area contributed by atoms with Gasteiger partial charge in [0.05, 0.1) is 12.0 Å². The Morgan fingerprint density at radius 1 is 0.848 bits per heavy atom. The second kappa shape index (κ2) is 16.3. The number of ether oxygens (including phenoxy) is 3. The molecule has 0 radical (unpaired) electrons. The number of alkyl carbamates (subject to hydrolysis) is 1. The van der Waals surface area contributed by atoms with Crippen molar-refractivity contribution in [3.05, 3.63) is 59.7 Å². The average Bonchev–Trinajstić information content (AvgIpc) is 3.26. The first-order chi connectivity index (χ1) is 21.0. The molecule has 46 heavy (non-hydrogen) atoms. The summed E-state index contributed by atoms with van der Waals surface area (Å²) >= 11 is 0. The number of aliphatic imine (C=N–C) groups is 1. The van der Waals surface area contributed by atoms with Gasteiger partial charge in [-0.1, -0.05) is 48.5 Å². The molecule has 0 aromatic heterocycles. The van der Waals surface area contributed by atoms with Crippen molar-refractivity contribution in [1.29, 1.82) is 0 Å². The topological polar surface area (TPSA) is 150 Å². The van der Waals surface area contributed by atoms with E-state index in [-0.39, 0.29) is 67.4 Å². The van der Waals surface area contributed by atoms with Crippen LogP contribution in [-0.4, -0.2) is 84.5 Å². The van der Waals surface area contributed by atoms with Crippen LogP contribution in [0.25, 0.3) is 11.1 Å². The Kier molecular flexibility index (Phi) is 13.7. The molecule has 0 spiro atoms. The Morgan fingerprint density at radius 2 is 1.30 bits per heavy atom. The minimum atomic E-state index is -1.48. The molecule has 1 N–H and O–H groups in total. The summed E-state index contributed by atoms with van der Waals surface area (Å²) < 4.78 is 16.3. The number of amides is 3. The average molecular weight is 647 g/mol. The summed E-state index contributed by atoms with van der Waals surface area (Å²) in [5.74, 6) is -1.72. The van der Waals surface area contributed by atoms with Gasteiger partial charge < -0.3 is 29.4 Å². The van der Waals surface area contributed by atoms with E-state index in [2.05, 4.69) is 10.3 Å². The van der Waals surface area contributed by atoms with Crippen molar-refractivity contribution in [1.82, 2.24) is 15.1 Å². The Balaban J connectivity index is 0.00000736. The second-order valence-electron chi connectivity index (χ2n) is 12.7. The zero-order valence-electron chi connectivity index (χ0n) is 28.2. The number of hydrogen-bond acceptors (Lipinski definition) is 9. The van der Waals surface area contributed by atoms with Crippen LogP contribution in [0.4, 0.5) is 14.4 Å². The molecular formula is C33H43N4NaO8. The van der Waals surface area contributed by atoms with Gasteiger partial charge in [-0.15, -0.1) is 0 Å². The molecule has 3 amide bonds. The van der Waals surface area contributed by atoms with Gasteiger partial charge in [0.1, 0.15) is 17.8 Å². The zero-order chi connectivity index (χ0) is 33.5. The maximum atomic E-state index is 12.8. The van der Waals surface area contributed by atoms with E-state index in [1.807, 2.05) is 48.5 Å². The first kappa shape index (κ1) is 38.6. The Morgan fingerprint density at radius 3 is 1.74 bits per heavy atom. The van der Waals surface area contributed by atoms with Gasteiger partial charge in [-0.3, -0.25) is 14.8 Å². The van der Waals surface area contributed by atoms with E-state index >= 15 is 0 Å². The second-order valence-corrected chi connectivity index (χ2v) is 12.7. The summed E-state index contributed by atoms with van der Waals surface area (Å²) in [6.07, 6.45) is -2.27. The fraction of sp³-hybridized carbons (Fsp3) is 0.485. The normalized spacial score (nSPS) is 12.8. The summed E-state index contributed by atoms with van der Waals surface area (Å²) in [6, 6.07) is 14.4. The van der Waals surface area contributed by atoms with Gasteiger partial charge in [0.25, 0.3) is 0 Å². The molecule has 1 atom stereocenters. The van der Waals surface area contributed by atoms with Gasteiger partial charge in [0.2, 0.25) is 5.96 Å². The number of nitrogens with one attached hydrogen (secondary N) is 1. The van der Waals surface area contributed by atoms with E-state index < -0.39 is 41.5 Å². The first-order valence-corrected chi connectivity index (χ1v) is 14.8. The minimum absolute atomic E-state index is 0. The molecule has 0 saturated carbocycles. The third kappa shape index (κ3) is 10.7. The van der Waals surface area contributed by atoms with Crippen LogP contribution in [0.3, 0.4) is 0 Å². The number of carbonyl (C=O) groups excluding carboxylic acids is 4. The number of nitrogens with zero attached hydrogens (tertiary/aromatic N) is 3. The molecule has 3 rings (SSSR count). The molecule has 0 fully saturated rings. The van der Waals surface area contributed by atoms with Crippen LogP contribution < -0.4 is 40.0 Å². The number of benzene rings is 2. The number of hydrogen-bond donors (Lipinski definition) is 1. The summed E-state index contributed by atoms with van der Waals surface area (Å²) in [7, 11) is 2.80. The van der Waals surface area contributed by atoms with Crippen molar-refractivity contribution in [2.45, 2.75) is 77.5 Å². The van der Waals surface area contributed by atoms with Crippen molar-refractivity contribution >= 4 is 30.2 Å². The summed E-state index contributed by atoms with van der Waals surface area (Å²) in [5, 5.41) is 14.2. The van der Waals surface area contributed by atoms with Crippen LogP contribution in [-0.2, 0) is 19.0 Å². The third-order valence-electron chi connectivity index (χ3n) is 6.76. The van der Waals surface area contributed by atoms with E-state index in [4.69, 9.17) is 14.2 Å². The SMILES string of the molecule is CN(C(=O)OC(C)(C)C)C(=NCCC[C@H](NC(=O)OCC1c2ccccc2-c2ccccc21)C(=O)[O-])N(C)C(=O)OC(C)(C)C.[Na+]. The van der Waals surface area contributed by atoms with Crippen molar-refractivity contribution < 1.29 is 68.1 Å². The van der Waals surface area contributed by atoms with Crippen LogP contribution in [0.15, 0.2) is 53.5 Å². The first-order valence-electron chi connectivity index (χ1n) is 14.8. The van der Waals surface area contributed by atoms with Gasteiger partial charge in [-0.05, 0) is 76.6 Å². The molecule has 1 aliphatic carbocycles. The number of rotatable bonds is 8. The largest absolute Gasteiger partial charge is 1.00 e. The Hall–Kier alpha value is -3.61. The van der Waals surface area contributed by atoms with Gasteiger partial charge >= 0.3 is 47.8 Å². The quantitative estimate of drug-likeness (QED) is 0.149. The van der Waals surface area contributed by atoms with Crippen LogP contribution in [0.1, 0.15) is 71.4 Å². The number of carboxylic acid groups (broad SMARTS) is 1. The maximum Gasteiger partial charge on any atom is 1.00 e. The number of guanidine groups is 1. The minimum Gasteiger partial charge on any atom is -0.548 e. The molecule has 0 unspecified atom stereocenters. The van der Waals surface area contributed by atoms with Crippen LogP contribution in [0, 0.1) is 0 Å². The molecule has 13 heteroatoms. The predicted molar refractivity (Wildman–Crippen MR) is 167 cm³/mol. The molecule has 0 bridgehead atoms. The monoisotopic (exact) mass is 646 g/mol. The molecule has 244 valence electrons. The summed E-state index contributed by atoms with van der Waals surface area (Å²) in [6.45, 7) is 10.3. The van der Waals surface area contributed by atoms with Crippen LogP contribution in [0.5, 0.6) is 0 Å². The van der Waals surface area contributed by atoms with E-state index in [0.717, 1.165) is 32.1 Å². The molecule has 0 saturated heterocycles. The van der Waals surface area contributed by atoms with Gasteiger partial charge in [0.15, 0.2) is 0 Å². The van der Waals surface area contributed by atoms with Gasteiger partial charge in [0, 0.05) is 26.6 Å². The summed E-state index contributed by atoms with van der Waals surface area (Å²) in [5.41, 5.74) is 2.61. The van der Waals surface area contributed by atoms with Crippen LogP contribution in [0.2, 0.25) is 0 Å². The summed E-state index contributed by atoms with van der Waals surface area (Å²) in [4.78, 5) is 56.5. The molecular weight excluding hydrogens is 603 g/mol. The standard InChI is InChI=1S/C33H44N4O8.Na/c1-32(2,3)44-30(41)36(7)28(37(8)31(42)45-33(4,5)6)34-19-13-18-26(27(38)39)35-29(40)43-20-25-23-16-11-9-14-21(23)22-15-10-12-17-24(22)25;/h9-12,14-17,25-26H,13,18-20H2,1-8H3,(H,35,40)(H,38,39);/q;+1/p-1/t26-;/m0./s1. The molecule has 12 nitrogen and oxygen atoms in total. The zero-order valence-corrected chi connectivity index (χ0v) is 30.2. The molecule has 1 aliphatic rings. The van der Waals surface area contributed by atoms with E-state index in [1.165, 1.54) is 14.1 Å². The van der Waals surface area contributed by atoms with Gasteiger partial charge in [-0.25, -0.2) is 14.4 Å². The predicted octanol–water partition coefficient (Wildman–Crippen LogP) is 1.52.